The predicted molar refractivity (Wildman–Crippen MR) is 113 cm³/mol. The molecule has 0 saturated carbocycles. The minimum atomic E-state index is 0.476. The molecule has 4 rings (SSSR count). The third-order valence-electron chi connectivity index (χ3n) is 4.40. The van der Waals surface area contributed by atoms with Crippen LogP contribution >= 0.6 is 0 Å². The van der Waals surface area contributed by atoms with Crippen LogP contribution in [0.1, 0.15) is 33.8 Å². The molecule has 0 bridgehead atoms. The van der Waals surface area contributed by atoms with Crippen molar-refractivity contribution in [3.05, 3.63) is 94.6 Å². The van der Waals surface area contributed by atoms with Crippen LogP contribution in [-0.4, -0.2) is 14.5 Å². The average Bonchev–Trinajstić information content (AvgIpc) is 3.06. The molecule has 0 aliphatic heterocycles. The lowest BCUT2D eigenvalue weighted by Crippen LogP contribution is -1.97. The zero-order valence-electron chi connectivity index (χ0n) is 16.1. The van der Waals surface area contributed by atoms with Gasteiger partial charge in [0.15, 0.2) is 0 Å². The van der Waals surface area contributed by atoms with E-state index in [9.17, 15) is 0 Å². The molecule has 134 valence electrons. The van der Waals surface area contributed by atoms with Crippen molar-refractivity contribution in [2.45, 2.75) is 13.8 Å². The van der Waals surface area contributed by atoms with Crippen molar-refractivity contribution in [3.8, 4) is 23.7 Å². The maximum atomic E-state index is 4.62. The van der Waals surface area contributed by atoms with E-state index >= 15 is 0 Å². The van der Waals surface area contributed by atoms with E-state index in [1.807, 2.05) is 54.2 Å². The van der Waals surface area contributed by atoms with Gasteiger partial charge in [-0.1, -0.05) is 36.1 Å². The quantitative estimate of drug-likeness (QED) is 0.435. The van der Waals surface area contributed by atoms with E-state index in [1.54, 1.807) is 0 Å². The van der Waals surface area contributed by atoms with Gasteiger partial charge in [0.1, 0.15) is 11.3 Å². The zero-order valence-corrected chi connectivity index (χ0v) is 16.1. The standard InChI is InChI=1S/C25H19N3/c1-18-6-4-8-20(16-18)10-12-23-22-14-15-28(3)25(22)27-24(26-23)13-11-21-9-5-7-19(2)17-21/h4-9,14-17H,1-3H3. The largest absolute Gasteiger partial charge is 0.335 e. The molecule has 3 heteroatoms. The molecule has 0 N–H and O–H groups in total. The highest BCUT2D eigenvalue weighted by atomic mass is 15.0. The Morgan fingerprint density at radius 3 is 2.04 bits per heavy atom. The van der Waals surface area contributed by atoms with E-state index in [-0.39, 0.29) is 0 Å². The summed E-state index contributed by atoms with van der Waals surface area (Å²) >= 11 is 0. The first kappa shape index (κ1) is 17.6. The Balaban J connectivity index is 1.79. The maximum Gasteiger partial charge on any atom is 0.208 e. The fraction of sp³-hybridized carbons (Fsp3) is 0.120. The van der Waals surface area contributed by atoms with Gasteiger partial charge in [0.05, 0.1) is 5.39 Å². The summed E-state index contributed by atoms with van der Waals surface area (Å²) < 4.78 is 1.96. The Morgan fingerprint density at radius 2 is 1.39 bits per heavy atom. The van der Waals surface area contributed by atoms with E-state index in [0.717, 1.165) is 22.2 Å². The van der Waals surface area contributed by atoms with E-state index < -0.39 is 0 Å². The molecule has 0 radical (unpaired) electrons. The molecule has 4 aromatic rings. The maximum absolute atomic E-state index is 4.62. The molecule has 0 saturated heterocycles. The van der Waals surface area contributed by atoms with Crippen molar-refractivity contribution in [2.75, 3.05) is 0 Å². The van der Waals surface area contributed by atoms with Crippen LogP contribution in [0.4, 0.5) is 0 Å². The second kappa shape index (κ2) is 7.43. The number of fused-ring (bicyclic) bond motifs is 1. The zero-order chi connectivity index (χ0) is 19.5. The molecule has 0 amide bonds. The van der Waals surface area contributed by atoms with Crippen LogP contribution in [0, 0.1) is 37.5 Å². The predicted octanol–water partition coefficient (Wildman–Crippen LogP) is 4.38. The summed E-state index contributed by atoms with van der Waals surface area (Å²) in [5, 5.41) is 0.934. The van der Waals surface area contributed by atoms with Gasteiger partial charge in [-0.05, 0) is 67.1 Å². The van der Waals surface area contributed by atoms with Crippen LogP contribution in [0.15, 0.2) is 60.8 Å². The normalized spacial score (nSPS) is 10.1. The molecular weight excluding hydrogens is 342 g/mol. The first-order valence-corrected chi connectivity index (χ1v) is 9.09. The van der Waals surface area contributed by atoms with Gasteiger partial charge >= 0.3 is 0 Å². The summed E-state index contributed by atoms with van der Waals surface area (Å²) in [6, 6.07) is 18.2. The number of benzene rings is 2. The lowest BCUT2D eigenvalue weighted by Gasteiger charge is -1.99. The summed E-state index contributed by atoms with van der Waals surface area (Å²) in [7, 11) is 1.96. The van der Waals surface area contributed by atoms with Gasteiger partial charge < -0.3 is 4.57 Å². The van der Waals surface area contributed by atoms with Gasteiger partial charge in [-0.2, -0.15) is 0 Å². The summed E-state index contributed by atoms with van der Waals surface area (Å²) in [5.74, 6) is 13.1. The van der Waals surface area contributed by atoms with Crippen LogP contribution < -0.4 is 0 Å². The first-order chi connectivity index (χ1) is 13.6. The lowest BCUT2D eigenvalue weighted by atomic mass is 10.1. The van der Waals surface area contributed by atoms with Crippen LogP contribution in [-0.2, 0) is 7.05 Å². The molecule has 0 aliphatic carbocycles. The summed E-state index contributed by atoms with van der Waals surface area (Å²) in [5.41, 5.74) is 5.80. The number of rotatable bonds is 0. The highest BCUT2D eigenvalue weighted by Gasteiger charge is 2.08. The average molecular weight is 361 g/mol. The van der Waals surface area contributed by atoms with Crippen molar-refractivity contribution < 1.29 is 0 Å². The highest BCUT2D eigenvalue weighted by molar-refractivity contribution is 5.82. The van der Waals surface area contributed by atoms with Gasteiger partial charge in [-0.25, -0.2) is 9.97 Å². The minimum absolute atomic E-state index is 0.476. The Morgan fingerprint density at radius 1 is 0.750 bits per heavy atom. The fourth-order valence-electron chi connectivity index (χ4n) is 2.99. The molecule has 2 aromatic carbocycles. The monoisotopic (exact) mass is 361 g/mol. The van der Waals surface area contributed by atoms with Crippen molar-refractivity contribution in [3.63, 3.8) is 0 Å². The topological polar surface area (TPSA) is 30.7 Å². The third-order valence-corrected chi connectivity index (χ3v) is 4.40. The molecule has 2 aromatic heterocycles. The SMILES string of the molecule is Cc1cccc(C#Cc2nc(C#Cc3cccc(C)c3)c3ccn(C)c3n2)c1. The molecule has 0 fully saturated rings. The molecule has 0 unspecified atom stereocenters. The van der Waals surface area contributed by atoms with E-state index in [1.165, 1.54) is 11.1 Å². The van der Waals surface area contributed by atoms with Crippen molar-refractivity contribution in [2.24, 2.45) is 7.05 Å². The van der Waals surface area contributed by atoms with Gasteiger partial charge in [-0.15, -0.1) is 0 Å². The number of nitrogens with zero attached hydrogens (tertiary/aromatic N) is 3. The van der Waals surface area contributed by atoms with Crippen LogP contribution in [0.2, 0.25) is 0 Å². The lowest BCUT2D eigenvalue weighted by molar-refractivity contribution is 0.939. The molecule has 0 spiro atoms. The molecule has 28 heavy (non-hydrogen) atoms. The molecule has 2 heterocycles. The summed E-state index contributed by atoms with van der Waals surface area (Å²) in [4.78, 5) is 9.23. The summed E-state index contributed by atoms with van der Waals surface area (Å²) in [6.45, 7) is 4.11. The molecular formula is C25H19N3. The Labute approximate surface area is 165 Å². The number of hydrogen-bond acceptors (Lipinski definition) is 2. The Bertz CT molecular complexity index is 1300. The third kappa shape index (κ3) is 3.80. The minimum Gasteiger partial charge on any atom is -0.335 e. The smallest absolute Gasteiger partial charge is 0.208 e. The van der Waals surface area contributed by atoms with Gasteiger partial charge in [0.2, 0.25) is 5.82 Å². The van der Waals surface area contributed by atoms with Crippen LogP contribution in [0.5, 0.6) is 0 Å². The van der Waals surface area contributed by atoms with Crippen LogP contribution in [0.3, 0.4) is 0 Å². The first-order valence-electron chi connectivity index (χ1n) is 9.09. The summed E-state index contributed by atoms with van der Waals surface area (Å²) in [6.07, 6.45) is 1.97. The van der Waals surface area contributed by atoms with Gasteiger partial charge in [-0.3, -0.25) is 0 Å². The van der Waals surface area contributed by atoms with Crippen molar-refractivity contribution >= 4 is 11.0 Å². The van der Waals surface area contributed by atoms with Crippen molar-refractivity contribution in [1.82, 2.24) is 14.5 Å². The van der Waals surface area contributed by atoms with Crippen molar-refractivity contribution in [1.29, 1.82) is 0 Å². The van der Waals surface area contributed by atoms with Gasteiger partial charge in [0, 0.05) is 24.4 Å². The Kier molecular flexibility index (Phi) is 4.67. The second-order valence-electron chi connectivity index (χ2n) is 6.80. The van der Waals surface area contributed by atoms with E-state index in [4.69, 9.17) is 0 Å². The number of hydrogen-bond donors (Lipinski definition) is 0. The van der Waals surface area contributed by atoms with E-state index in [0.29, 0.717) is 11.5 Å². The van der Waals surface area contributed by atoms with E-state index in [2.05, 4.69) is 65.7 Å². The number of aromatic nitrogens is 3. The highest BCUT2D eigenvalue weighted by Crippen LogP contribution is 2.16. The molecule has 0 atom stereocenters. The molecule has 3 nitrogen and oxygen atoms in total. The fourth-order valence-corrected chi connectivity index (χ4v) is 2.99. The van der Waals surface area contributed by atoms with Gasteiger partial charge in [0.25, 0.3) is 0 Å². The number of aryl methyl sites for hydroxylation is 3. The second-order valence-corrected chi connectivity index (χ2v) is 6.80. The van der Waals surface area contributed by atoms with Crippen LogP contribution in [0.25, 0.3) is 11.0 Å². The Hall–Kier alpha value is -3.82. The molecule has 0 aliphatic rings.